The molecule has 0 aliphatic rings. The van der Waals surface area contributed by atoms with Crippen LogP contribution >= 0.6 is 0 Å². The molecule has 2 N–H and O–H groups in total. The van der Waals surface area contributed by atoms with Gasteiger partial charge in [0.15, 0.2) is 0 Å². The summed E-state index contributed by atoms with van der Waals surface area (Å²) >= 11 is 0. The molecule has 1 aromatic rings. The first-order chi connectivity index (χ1) is 9.06. The number of hydrogen-bond donors (Lipinski definition) is 1. The van der Waals surface area contributed by atoms with E-state index in [1.807, 2.05) is 0 Å². The third-order valence-electron chi connectivity index (χ3n) is 3.50. The van der Waals surface area contributed by atoms with Crippen molar-refractivity contribution >= 4 is 5.69 Å². The molecule has 0 aromatic heterocycles. The van der Waals surface area contributed by atoms with Crippen LogP contribution in [-0.4, -0.2) is 42.3 Å². The van der Waals surface area contributed by atoms with Gasteiger partial charge in [0.25, 0.3) is 5.69 Å². The summed E-state index contributed by atoms with van der Waals surface area (Å²) in [4.78, 5) is 10.1. The number of quaternary nitrogens is 1. The van der Waals surface area contributed by atoms with Gasteiger partial charge in [0.2, 0.25) is 6.73 Å². The number of nitro benzene ring substituents is 1. The zero-order valence-corrected chi connectivity index (χ0v) is 11.5. The highest BCUT2D eigenvalue weighted by atomic mass is 16.6. The Morgan fingerprint density at radius 2 is 1.84 bits per heavy atom. The van der Waals surface area contributed by atoms with Gasteiger partial charge in [-0.1, -0.05) is 0 Å². The zero-order valence-electron chi connectivity index (χ0n) is 11.5. The second-order valence-electron chi connectivity index (χ2n) is 4.51. The Hall–Kier alpha value is -1.66. The number of likely N-dealkylation sites (N-methyl/N-ethyl adjacent to an activating group) is 1. The molecule has 1 rings (SSSR count). The van der Waals surface area contributed by atoms with Gasteiger partial charge in [0.1, 0.15) is 5.75 Å². The van der Waals surface area contributed by atoms with E-state index in [-0.39, 0.29) is 5.69 Å². The fourth-order valence-electron chi connectivity index (χ4n) is 1.94. The van der Waals surface area contributed by atoms with E-state index in [0.29, 0.717) is 19.0 Å². The molecule has 0 amide bonds. The lowest BCUT2D eigenvalue weighted by atomic mass is 10.3. The molecule has 0 heterocycles. The number of rotatable bonds is 8. The Kier molecular flexibility index (Phi) is 5.72. The average molecular weight is 268 g/mol. The van der Waals surface area contributed by atoms with Crippen molar-refractivity contribution in [3.05, 3.63) is 34.4 Å². The van der Waals surface area contributed by atoms with Crippen molar-refractivity contribution in [2.75, 3.05) is 32.9 Å². The third-order valence-corrected chi connectivity index (χ3v) is 3.50. The van der Waals surface area contributed by atoms with Gasteiger partial charge in [0, 0.05) is 18.7 Å². The number of benzene rings is 1. The first kappa shape index (κ1) is 15.4. The predicted octanol–water partition coefficient (Wildman–Crippen LogP) is 1.75. The van der Waals surface area contributed by atoms with Crippen molar-refractivity contribution < 1.29 is 14.1 Å². The van der Waals surface area contributed by atoms with E-state index in [0.717, 1.165) is 24.1 Å². The number of ether oxygens (including phenoxy) is 1. The molecule has 0 atom stereocenters. The molecule has 0 bridgehead atoms. The second-order valence-corrected chi connectivity index (χ2v) is 4.51. The van der Waals surface area contributed by atoms with Gasteiger partial charge in [-0.25, -0.2) is 0 Å². The normalized spacial score (nSPS) is 11.3. The summed E-state index contributed by atoms with van der Waals surface area (Å²) < 4.78 is 6.52. The minimum Gasteiger partial charge on any atom is -0.445 e. The van der Waals surface area contributed by atoms with Crippen LogP contribution in [0.2, 0.25) is 0 Å². The quantitative estimate of drug-likeness (QED) is 0.337. The molecule has 6 nitrogen and oxygen atoms in total. The molecule has 0 saturated carbocycles. The van der Waals surface area contributed by atoms with Gasteiger partial charge in [-0.15, -0.1) is 0 Å². The summed E-state index contributed by atoms with van der Waals surface area (Å²) in [5, 5.41) is 10.6. The first-order valence-electron chi connectivity index (χ1n) is 6.49. The lowest BCUT2D eigenvalue weighted by Gasteiger charge is -2.35. The van der Waals surface area contributed by atoms with E-state index in [9.17, 15) is 10.1 Å². The minimum atomic E-state index is -0.420. The van der Waals surface area contributed by atoms with Crippen molar-refractivity contribution in [3.8, 4) is 5.75 Å². The van der Waals surface area contributed by atoms with Gasteiger partial charge in [0.05, 0.1) is 24.6 Å². The molecule has 0 saturated heterocycles. The molecule has 0 spiro atoms. The second kappa shape index (κ2) is 7.06. The van der Waals surface area contributed by atoms with Crippen molar-refractivity contribution in [3.63, 3.8) is 0 Å². The lowest BCUT2D eigenvalue weighted by molar-refractivity contribution is -0.937. The maximum Gasteiger partial charge on any atom is 0.269 e. The highest BCUT2D eigenvalue weighted by Crippen LogP contribution is 2.18. The van der Waals surface area contributed by atoms with E-state index < -0.39 is 4.92 Å². The van der Waals surface area contributed by atoms with E-state index in [1.54, 1.807) is 12.1 Å². The molecular weight excluding hydrogens is 246 g/mol. The van der Waals surface area contributed by atoms with Crippen LogP contribution in [0.3, 0.4) is 0 Å². The number of nitro groups is 1. The number of hydrogen-bond acceptors (Lipinski definition) is 4. The molecular formula is C13H22N3O3+. The van der Waals surface area contributed by atoms with Crippen LogP contribution in [-0.2, 0) is 0 Å². The Morgan fingerprint density at radius 1 is 1.26 bits per heavy atom. The van der Waals surface area contributed by atoms with Crippen molar-refractivity contribution in [2.45, 2.75) is 13.8 Å². The summed E-state index contributed by atoms with van der Waals surface area (Å²) in [6.07, 6.45) is 0. The Balaban J connectivity index is 2.66. The number of nitrogens with two attached hydrogens (primary N) is 1. The van der Waals surface area contributed by atoms with Crippen LogP contribution in [0, 0.1) is 10.1 Å². The smallest absolute Gasteiger partial charge is 0.269 e. The largest absolute Gasteiger partial charge is 0.445 e. The van der Waals surface area contributed by atoms with Gasteiger partial charge in [-0.05, 0) is 26.0 Å². The molecule has 0 fully saturated rings. The predicted molar refractivity (Wildman–Crippen MR) is 73.9 cm³/mol. The first-order valence-corrected chi connectivity index (χ1v) is 6.49. The highest BCUT2D eigenvalue weighted by molar-refractivity contribution is 5.35. The fraction of sp³-hybridized carbons (Fsp3) is 0.538. The average Bonchev–Trinajstić information content (AvgIpc) is 2.44. The standard InChI is InChI=1S/C13H22N3O3/c1-3-16(4-2,10-9-14)11-19-13-7-5-12(6-8-13)15(17)18/h5-8H,3-4,9-11,14H2,1-2H3/q+1. The van der Waals surface area contributed by atoms with Crippen LogP contribution < -0.4 is 10.5 Å². The van der Waals surface area contributed by atoms with E-state index in [1.165, 1.54) is 12.1 Å². The fourth-order valence-corrected chi connectivity index (χ4v) is 1.94. The van der Waals surface area contributed by atoms with Crippen LogP contribution in [0.5, 0.6) is 5.75 Å². The molecule has 0 radical (unpaired) electrons. The molecule has 19 heavy (non-hydrogen) atoms. The van der Waals surface area contributed by atoms with E-state index in [2.05, 4.69) is 13.8 Å². The third kappa shape index (κ3) is 4.18. The molecule has 0 aliphatic carbocycles. The summed E-state index contributed by atoms with van der Waals surface area (Å²) in [6, 6.07) is 6.15. The molecule has 1 aromatic carbocycles. The SMILES string of the molecule is CC[N+](CC)(CCN)COc1ccc([N+](=O)[O-])cc1. The molecule has 0 aliphatic heterocycles. The minimum absolute atomic E-state index is 0.0704. The topological polar surface area (TPSA) is 78.4 Å². The summed E-state index contributed by atoms with van der Waals surface area (Å²) in [5.74, 6) is 0.645. The van der Waals surface area contributed by atoms with Crippen molar-refractivity contribution in [1.82, 2.24) is 0 Å². The van der Waals surface area contributed by atoms with Crippen molar-refractivity contribution in [2.24, 2.45) is 5.73 Å². The molecule has 6 heteroatoms. The van der Waals surface area contributed by atoms with Gasteiger partial charge in [-0.3, -0.25) is 14.6 Å². The lowest BCUT2D eigenvalue weighted by Crippen LogP contribution is -2.52. The van der Waals surface area contributed by atoms with Gasteiger partial charge in [-0.2, -0.15) is 0 Å². The van der Waals surface area contributed by atoms with Crippen molar-refractivity contribution in [1.29, 1.82) is 0 Å². The maximum absolute atomic E-state index is 10.6. The zero-order chi connectivity index (χ0) is 14.3. The summed E-state index contributed by atoms with van der Waals surface area (Å²) in [6.45, 7) is 8.12. The summed E-state index contributed by atoms with van der Waals surface area (Å²) in [7, 11) is 0. The van der Waals surface area contributed by atoms with Crippen LogP contribution in [0.15, 0.2) is 24.3 Å². The highest BCUT2D eigenvalue weighted by Gasteiger charge is 2.22. The maximum atomic E-state index is 10.6. The van der Waals surface area contributed by atoms with E-state index in [4.69, 9.17) is 10.5 Å². The van der Waals surface area contributed by atoms with E-state index >= 15 is 0 Å². The van der Waals surface area contributed by atoms with Crippen LogP contribution in [0.25, 0.3) is 0 Å². The Labute approximate surface area is 113 Å². The summed E-state index contributed by atoms with van der Waals surface area (Å²) in [5.41, 5.74) is 5.71. The van der Waals surface area contributed by atoms with Crippen LogP contribution in [0.4, 0.5) is 5.69 Å². The Morgan fingerprint density at radius 3 is 2.26 bits per heavy atom. The van der Waals surface area contributed by atoms with Gasteiger partial charge < -0.3 is 10.5 Å². The molecule has 0 unspecified atom stereocenters. The Bertz CT molecular complexity index is 402. The number of nitrogens with zero attached hydrogens (tertiary/aromatic N) is 2. The number of non-ortho nitro benzene ring substituents is 1. The van der Waals surface area contributed by atoms with Crippen LogP contribution in [0.1, 0.15) is 13.8 Å². The van der Waals surface area contributed by atoms with Gasteiger partial charge >= 0.3 is 0 Å². The monoisotopic (exact) mass is 268 g/mol. The molecule has 106 valence electrons.